The van der Waals surface area contributed by atoms with E-state index in [4.69, 9.17) is 30.4 Å². The van der Waals surface area contributed by atoms with Gasteiger partial charge in [-0.1, -0.05) is 0 Å². The van der Waals surface area contributed by atoms with E-state index in [0.717, 1.165) is 0 Å². The average Bonchev–Trinajstić information content (AvgIpc) is 3.55. The lowest BCUT2D eigenvalue weighted by molar-refractivity contribution is -0.180. The van der Waals surface area contributed by atoms with Crippen molar-refractivity contribution in [2.75, 3.05) is 17.9 Å². The molecule has 0 bridgehead atoms. The Bertz CT molecular complexity index is 1940. The van der Waals surface area contributed by atoms with E-state index in [0.29, 0.717) is 6.07 Å². The van der Waals surface area contributed by atoms with Crippen molar-refractivity contribution in [2.45, 2.75) is 73.8 Å². The van der Waals surface area contributed by atoms with Gasteiger partial charge in [-0.25, -0.2) is 22.4 Å². The molecule has 2 aliphatic heterocycles. The Morgan fingerprint density at radius 2 is 1.31 bits per heavy atom. The summed E-state index contributed by atoms with van der Waals surface area (Å²) in [6.45, 7) is 3.48. The highest BCUT2D eigenvalue weighted by atomic mass is 32.2. The summed E-state index contributed by atoms with van der Waals surface area (Å²) >= 11 is 0. The number of alkyl halides is 3. The number of nitrogens with two attached hydrogens (primary N) is 2. The number of rotatable bonds is 11. The number of amides is 2. The number of halogens is 4. The second-order valence-corrected chi connectivity index (χ2v) is 14.0. The van der Waals surface area contributed by atoms with Gasteiger partial charge < -0.3 is 50.8 Å². The predicted octanol–water partition coefficient (Wildman–Crippen LogP) is 0.691. The fourth-order valence-corrected chi connectivity index (χ4v) is 7.06. The first-order chi connectivity index (χ1) is 23.1. The van der Waals surface area contributed by atoms with Gasteiger partial charge in [0.2, 0.25) is 0 Å². The summed E-state index contributed by atoms with van der Waals surface area (Å²) in [5, 5.41) is 44.9. The van der Waals surface area contributed by atoms with Crippen LogP contribution >= 0.6 is 0 Å². The van der Waals surface area contributed by atoms with Gasteiger partial charge in [-0.3, -0.25) is 14.3 Å². The van der Waals surface area contributed by atoms with Gasteiger partial charge >= 0.3 is 18.1 Å². The second-order valence-electron chi connectivity index (χ2n) is 12.4. The highest BCUT2D eigenvalue weighted by Crippen LogP contribution is 2.47. The molecule has 0 spiro atoms. The minimum Gasteiger partial charge on any atom is -0.478 e. The minimum absolute atomic E-state index is 0.00111. The third-order valence-electron chi connectivity index (χ3n) is 8.01. The number of carboxylic acid groups (broad SMARTS) is 2. The van der Waals surface area contributed by atoms with Gasteiger partial charge in [0.05, 0.1) is 34.8 Å². The van der Waals surface area contributed by atoms with Crippen LogP contribution in [0.1, 0.15) is 65.1 Å². The number of ether oxygens (including phenoxy) is 4. The number of benzene rings is 2. The van der Waals surface area contributed by atoms with Crippen molar-refractivity contribution in [3.63, 3.8) is 0 Å². The number of hydrogen-bond donors (Lipinski definition) is 7. The van der Waals surface area contributed by atoms with E-state index >= 15 is 0 Å². The number of carboxylic acids is 2. The van der Waals surface area contributed by atoms with Gasteiger partial charge in [-0.15, -0.1) is 0 Å². The van der Waals surface area contributed by atoms with Crippen LogP contribution in [0.15, 0.2) is 29.2 Å². The third-order valence-corrected chi connectivity index (χ3v) is 9.42. The largest absolute Gasteiger partial charge is 0.478 e. The van der Waals surface area contributed by atoms with E-state index in [9.17, 15) is 65.6 Å². The van der Waals surface area contributed by atoms with Gasteiger partial charge in [0, 0.05) is 16.8 Å². The lowest BCUT2D eigenvalue weighted by Crippen LogP contribution is -2.56. The van der Waals surface area contributed by atoms with Crippen LogP contribution in [0.3, 0.4) is 0 Å². The Hall–Kier alpha value is -4.45. The molecule has 2 saturated heterocycles. The van der Waals surface area contributed by atoms with E-state index in [-0.39, 0.29) is 18.2 Å². The highest BCUT2D eigenvalue weighted by molar-refractivity contribution is 7.92. The van der Waals surface area contributed by atoms with Gasteiger partial charge in [0.1, 0.15) is 18.0 Å². The fourth-order valence-electron chi connectivity index (χ4n) is 5.71. The normalized spacial score (nSPS) is 22.5. The monoisotopic (exact) mass is 753 g/mol. The molecule has 9 N–H and O–H groups in total. The molecule has 2 heterocycles. The van der Waals surface area contributed by atoms with Crippen LogP contribution in [0.4, 0.5) is 23.2 Å². The standard InChI is InChI=1S/C29H31F4N3O14S/c1-25(2)47-9-16(49-25)27(43,23(34)41)19-12(21(37)38)8-15(51(45,46)36-11-5-6-14(30)13(7-11)29(31,32)33)20(18(19)22(39)40)28(44,24(35)42)17-10-48-26(3,4)50-17/h5-8,16-17,36,43-44H,9-10H2,1-4H3,(H2,34,41)(H2,35,42)(H,37,38)(H,39,40). The molecule has 51 heavy (non-hydrogen) atoms. The molecule has 280 valence electrons. The number of hydrogen-bond acceptors (Lipinski definition) is 12. The number of carbonyl (C=O) groups is 4. The molecule has 0 saturated carbocycles. The summed E-state index contributed by atoms with van der Waals surface area (Å²) in [5.74, 6) is -13.6. The van der Waals surface area contributed by atoms with Crippen molar-refractivity contribution in [2.24, 2.45) is 11.5 Å². The van der Waals surface area contributed by atoms with E-state index in [1.807, 2.05) is 0 Å². The van der Waals surface area contributed by atoms with Crippen LogP contribution in [0, 0.1) is 5.82 Å². The molecule has 0 radical (unpaired) electrons. The lowest BCUT2D eigenvalue weighted by Gasteiger charge is -2.37. The van der Waals surface area contributed by atoms with Crippen molar-refractivity contribution in [1.29, 1.82) is 0 Å². The molecule has 2 aliphatic rings. The Balaban J connectivity index is 2.22. The predicted molar refractivity (Wildman–Crippen MR) is 159 cm³/mol. The molecule has 2 aromatic carbocycles. The van der Waals surface area contributed by atoms with Crippen molar-refractivity contribution in [1.82, 2.24) is 0 Å². The highest BCUT2D eigenvalue weighted by Gasteiger charge is 2.60. The summed E-state index contributed by atoms with van der Waals surface area (Å²) in [4.78, 5) is 50.6. The number of aliphatic hydroxyl groups is 2. The molecular weight excluding hydrogens is 722 g/mol. The fraction of sp³-hybridized carbons (Fsp3) is 0.448. The van der Waals surface area contributed by atoms with Crippen molar-refractivity contribution < 1.29 is 84.5 Å². The van der Waals surface area contributed by atoms with Crippen LogP contribution in [-0.4, -0.2) is 89.6 Å². The van der Waals surface area contributed by atoms with Gasteiger partial charge in [-0.2, -0.15) is 13.2 Å². The van der Waals surface area contributed by atoms with E-state index in [2.05, 4.69) is 0 Å². The first kappa shape index (κ1) is 39.3. The second kappa shape index (κ2) is 12.6. The first-order valence-corrected chi connectivity index (χ1v) is 15.8. The zero-order valence-corrected chi connectivity index (χ0v) is 27.6. The molecule has 0 aliphatic carbocycles. The summed E-state index contributed by atoms with van der Waals surface area (Å²) in [6.07, 6.45) is -9.50. The maximum atomic E-state index is 14.1. The minimum atomic E-state index is -5.71. The molecular formula is C29H31F4N3O14S. The average molecular weight is 754 g/mol. The van der Waals surface area contributed by atoms with Gasteiger partial charge in [0.25, 0.3) is 21.8 Å². The number of carbonyl (C=O) groups excluding carboxylic acids is 2. The van der Waals surface area contributed by atoms with Crippen molar-refractivity contribution in [3.8, 4) is 0 Å². The maximum absolute atomic E-state index is 14.1. The van der Waals surface area contributed by atoms with Crippen molar-refractivity contribution in [3.05, 3.63) is 57.9 Å². The molecule has 4 unspecified atom stereocenters. The number of primary amides is 2. The van der Waals surface area contributed by atoms with Crippen LogP contribution in [-0.2, 0) is 55.9 Å². The van der Waals surface area contributed by atoms with Gasteiger partial charge in [-0.05, 0) is 52.0 Å². The molecule has 0 aromatic heterocycles. The maximum Gasteiger partial charge on any atom is 0.419 e. The van der Waals surface area contributed by atoms with Crippen molar-refractivity contribution >= 4 is 39.5 Å². The smallest absolute Gasteiger partial charge is 0.419 e. The Labute approximate surface area is 285 Å². The topological polar surface area (TPSA) is 284 Å². The van der Waals surface area contributed by atoms with Crippen LogP contribution < -0.4 is 16.2 Å². The first-order valence-electron chi connectivity index (χ1n) is 14.4. The van der Waals surface area contributed by atoms with Gasteiger partial charge in [0.15, 0.2) is 22.8 Å². The summed E-state index contributed by atoms with van der Waals surface area (Å²) < 4.78 is 106. The Kier molecular flexibility index (Phi) is 9.75. The number of aromatic carboxylic acids is 2. The summed E-state index contributed by atoms with van der Waals surface area (Å²) in [5.41, 5.74) is -5.60. The zero-order chi connectivity index (χ0) is 38.9. The molecule has 2 aromatic rings. The molecule has 22 heteroatoms. The third kappa shape index (κ3) is 6.94. The zero-order valence-electron chi connectivity index (χ0n) is 26.8. The van der Waals surface area contributed by atoms with E-state index in [1.165, 1.54) is 27.7 Å². The molecule has 2 fully saturated rings. The van der Waals surface area contributed by atoms with Crippen LogP contribution in [0.5, 0.6) is 0 Å². The van der Waals surface area contributed by atoms with Crippen LogP contribution in [0.25, 0.3) is 0 Å². The van der Waals surface area contributed by atoms with E-state index in [1.54, 1.807) is 4.72 Å². The molecule has 17 nitrogen and oxygen atoms in total. The molecule has 4 atom stereocenters. The lowest BCUT2D eigenvalue weighted by atomic mass is 9.75. The Morgan fingerprint density at radius 3 is 1.69 bits per heavy atom. The number of sulfonamides is 1. The number of anilines is 1. The quantitative estimate of drug-likeness (QED) is 0.156. The van der Waals surface area contributed by atoms with Crippen LogP contribution in [0.2, 0.25) is 0 Å². The summed E-state index contributed by atoms with van der Waals surface area (Å²) in [7, 11) is -5.71. The Morgan fingerprint density at radius 1 is 0.843 bits per heavy atom. The summed E-state index contributed by atoms with van der Waals surface area (Å²) in [6, 6.07) is 0.812. The number of nitrogens with one attached hydrogen (secondary N) is 1. The SMILES string of the molecule is CC1(C)OCC(C(O)(C(N)=O)c2c(C(=O)O)cc(S(=O)(=O)Nc3ccc(F)c(C(F)(F)F)c3)c(C(O)(C(N)=O)C3COC(C)(C)O3)c2C(=O)O)O1. The molecule has 2 amide bonds. The molecule has 4 rings (SSSR count). The van der Waals surface area contributed by atoms with E-state index < -0.39 is 132 Å².